The smallest absolute Gasteiger partial charge is 0.132 e. The number of halogens is 1. The van der Waals surface area contributed by atoms with Crippen molar-refractivity contribution in [1.82, 2.24) is 5.32 Å². The third-order valence-corrected chi connectivity index (χ3v) is 4.28. The molecular formula is C17H20INO3. The van der Waals surface area contributed by atoms with Crippen LogP contribution >= 0.6 is 22.6 Å². The number of hydrogen-bond acceptors (Lipinski definition) is 4. The van der Waals surface area contributed by atoms with Gasteiger partial charge in [-0.05, 0) is 59.3 Å². The number of benzene rings is 2. The van der Waals surface area contributed by atoms with Gasteiger partial charge in [0.1, 0.15) is 17.2 Å². The Kier molecular flexibility index (Phi) is 6.33. The van der Waals surface area contributed by atoms with E-state index < -0.39 is 0 Å². The van der Waals surface area contributed by atoms with Crippen LogP contribution in [0.3, 0.4) is 0 Å². The number of nitrogens with one attached hydrogen (secondary N) is 1. The molecule has 2 rings (SSSR count). The molecule has 0 saturated heterocycles. The van der Waals surface area contributed by atoms with Crippen molar-refractivity contribution in [1.29, 1.82) is 0 Å². The van der Waals surface area contributed by atoms with E-state index in [1.807, 2.05) is 30.3 Å². The fourth-order valence-electron chi connectivity index (χ4n) is 2.23. The monoisotopic (exact) mass is 413 g/mol. The second kappa shape index (κ2) is 8.24. The number of phenolic OH excluding ortho intramolecular Hbond substituents is 1. The van der Waals surface area contributed by atoms with Crippen molar-refractivity contribution in [2.75, 3.05) is 20.8 Å². The van der Waals surface area contributed by atoms with Gasteiger partial charge < -0.3 is 19.9 Å². The highest BCUT2D eigenvalue weighted by Crippen LogP contribution is 2.30. The predicted molar refractivity (Wildman–Crippen MR) is 95.8 cm³/mol. The Balaban J connectivity index is 1.95. The van der Waals surface area contributed by atoms with E-state index in [2.05, 4.69) is 27.9 Å². The van der Waals surface area contributed by atoms with Crippen LogP contribution in [0, 0.1) is 3.57 Å². The molecule has 0 aliphatic heterocycles. The van der Waals surface area contributed by atoms with Crippen LogP contribution in [0.2, 0.25) is 0 Å². The van der Waals surface area contributed by atoms with E-state index in [1.165, 1.54) is 0 Å². The van der Waals surface area contributed by atoms with Gasteiger partial charge in [-0.2, -0.15) is 0 Å². The number of ether oxygens (including phenoxy) is 2. The SMILES string of the molecule is COc1cc(CCNCc2ccccc2O)c(OC)cc1I. The first-order valence-corrected chi connectivity index (χ1v) is 8.11. The van der Waals surface area contributed by atoms with Crippen molar-refractivity contribution >= 4 is 22.6 Å². The lowest BCUT2D eigenvalue weighted by atomic mass is 10.1. The van der Waals surface area contributed by atoms with Crippen LogP contribution in [-0.4, -0.2) is 25.9 Å². The molecule has 22 heavy (non-hydrogen) atoms. The number of hydrogen-bond donors (Lipinski definition) is 2. The molecule has 4 nitrogen and oxygen atoms in total. The van der Waals surface area contributed by atoms with Gasteiger partial charge in [-0.25, -0.2) is 0 Å². The first-order valence-electron chi connectivity index (χ1n) is 7.03. The third-order valence-electron chi connectivity index (χ3n) is 3.43. The lowest BCUT2D eigenvalue weighted by molar-refractivity contribution is 0.396. The Bertz CT molecular complexity index is 631. The molecule has 5 heteroatoms. The molecule has 0 unspecified atom stereocenters. The molecule has 0 aliphatic rings. The predicted octanol–water partition coefficient (Wildman–Crippen LogP) is 3.35. The Hall–Kier alpha value is -1.47. The van der Waals surface area contributed by atoms with Crippen molar-refractivity contribution in [2.45, 2.75) is 13.0 Å². The van der Waals surface area contributed by atoms with E-state index >= 15 is 0 Å². The molecule has 0 bridgehead atoms. The quantitative estimate of drug-likeness (QED) is 0.540. The van der Waals surface area contributed by atoms with Crippen molar-refractivity contribution in [3.05, 3.63) is 51.1 Å². The van der Waals surface area contributed by atoms with Crippen LogP contribution in [0.15, 0.2) is 36.4 Å². The lowest BCUT2D eigenvalue weighted by Gasteiger charge is -2.13. The zero-order chi connectivity index (χ0) is 15.9. The molecule has 118 valence electrons. The minimum Gasteiger partial charge on any atom is -0.508 e. The molecule has 2 aromatic carbocycles. The minimum atomic E-state index is 0.323. The van der Waals surface area contributed by atoms with Crippen LogP contribution in [-0.2, 0) is 13.0 Å². The zero-order valence-corrected chi connectivity index (χ0v) is 14.9. The second-order valence-corrected chi connectivity index (χ2v) is 6.02. The van der Waals surface area contributed by atoms with Gasteiger partial charge in [0, 0.05) is 12.1 Å². The van der Waals surface area contributed by atoms with Crippen molar-refractivity contribution in [3.63, 3.8) is 0 Å². The van der Waals surface area contributed by atoms with Crippen LogP contribution in [0.1, 0.15) is 11.1 Å². The zero-order valence-electron chi connectivity index (χ0n) is 12.7. The van der Waals surface area contributed by atoms with Crippen molar-refractivity contribution in [2.24, 2.45) is 0 Å². The second-order valence-electron chi connectivity index (χ2n) is 4.85. The molecule has 2 N–H and O–H groups in total. The average Bonchev–Trinajstić information content (AvgIpc) is 2.53. The highest BCUT2D eigenvalue weighted by Gasteiger charge is 2.09. The fraction of sp³-hybridized carbons (Fsp3) is 0.294. The molecule has 0 amide bonds. The minimum absolute atomic E-state index is 0.323. The molecule has 0 radical (unpaired) electrons. The van der Waals surface area contributed by atoms with E-state index in [9.17, 15) is 5.11 Å². The van der Waals surface area contributed by atoms with Crippen LogP contribution in [0.5, 0.6) is 17.2 Å². The first kappa shape index (κ1) is 16.9. The van der Waals surface area contributed by atoms with E-state index in [0.717, 1.165) is 39.2 Å². The number of phenols is 1. The maximum atomic E-state index is 9.73. The molecule has 0 spiro atoms. The first-order chi connectivity index (χ1) is 10.7. The van der Waals surface area contributed by atoms with Gasteiger partial charge in [0.05, 0.1) is 17.8 Å². The molecular weight excluding hydrogens is 393 g/mol. The number of methoxy groups -OCH3 is 2. The topological polar surface area (TPSA) is 50.7 Å². The van der Waals surface area contributed by atoms with Crippen molar-refractivity contribution in [3.8, 4) is 17.2 Å². The summed E-state index contributed by atoms with van der Waals surface area (Å²) in [5.41, 5.74) is 2.00. The highest BCUT2D eigenvalue weighted by atomic mass is 127. The van der Waals surface area contributed by atoms with E-state index in [-0.39, 0.29) is 0 Å². The van der Waals surface area contributed by atoms with Gasteiger partial charge in [-0.15, -0.1) is 0 Å². The van der Waals surface area contributed by atoms with E-state index in [0.29, 0.717) is 12.3 Å². The van der Waals surface area contributed by atoms with E-state index in [4.69, 9.17) is 9.47 Å². The molecule has 0 saturated carbocycles. The Labute approximate surface area is 144 Å². The van der Waals surface area contributed by atoms with Gasteiger partial charge in [0.2, 0.25) is 0 Å². The molecule has 2 aromatic rings. The molecule has 0 atom stereocenters. The van der Waals surface area contributed by atoms with Gasteiger partial charge in [0.15, 0.2) is 0 Å². The highest BCUT2D eigenvalue weighted by molar-refractivity contribution is 14.1. The molecule has 0 fully saturated rings. The Morgan fingerprint density at radius 1 is 1.05 bits per heavy atom. The van der Waals surface area contributed by atoms with Crippen molar-refractivity contribution < 1.29 is 14.6 Å². The van der Waals surface area contributed by atoms with Gasteiger partial charge in [-0.1, -0.05) is 18.2 Å². The van der Waals surface area contributed by atoms with Gasteiger partial charge >= 0.3 is 0 Å². The summed E-state index contributed by atoms with van der Waals surface area (Å²) in [6.45, 7) is 1.42. The van der Waals surface area contributed by atoms with E-state index in [1.54, 1.807) is 20.3 Å². The average molecular weight is 413 g/mol. The van der Waals surface area contributed by atoms with Gasteiger partial charge in [0.25, 0.3) is 0 Å². The largest absolute Gasteiger partial charge is 0.508 e. The van der Waals surface area contributed by atoms with Gasteiger partial charge in [-0.3, -0.25) is 0 Å². The van der Waals surface area contributed by atoms with Crippen LogP contribution in [0.4, 0.5) is 0 Å². The molecule has 0 heterocycles. The maximum absolute atomic E-state index is 9.73. The number of aromatic hydroxyl groups is 1. The van der Waals surface area contributed by atoms with Crippen LogP contribution < -0.4 is 14.8 Å². The molecule has 0 aromatic heterocycles. The summed E-state index contributed by atoms with van der Waals surface area (Å²) in [5, 5.41) is 13.1. The molecule has 0 aliphatic carbocycles. The summed E-state index contributed by atoms with van der Waals surface area (Å²) >= 11 is 2.23. The summed E-state index contributed by atoms with van der Waals surface area (Å²) < 4.78 is 11.8. The standard InChI is InChI=1S/C17H20INO3/c1-21-16-10-14(18)17(22-2)9-12(16)7-8-19-11-13-5-3-4-6-15(13)20/h3-6,9-10,19-20H,7-8,11H2,1-2H3. The summed E-state index contributed by atoms with van der Waals surface area (Å²) in [5.74, 6) is 2.05. The summed E-state index contributed by atoms with van der Waals surface area (Å²) in [7, 11) is 3.35. The normalized spacial score (nSPS) is 10.5. The third kappa shape index (κ3) is 4.27. The lowest BCUT2D eigenvalue weighted by Crippen LogP contribution is -2.17. The Morgan fingerprint density at radius 2 is 1.77 bits per heavy atom. The number of rotatable bonds is 7. The number of para-hydroxylation sites is 1. The Morgan fingerprint density at radius 3 is 2.45 bits per heavy atom. The fourth-order valence-corrected chi connectivity index (χ4v) is 2.88. The summed E-state index contributed by atoms with van der Waals surface area (Å²) in [6.07, 6.45) is 0.823. The van der Waals surface area contributed by atoms with Crippen LogP contribution in [0.25, 0.3) is 0 Å². The maximum Gasteiger partial charge on any atom is 0.132 e. The summed E-state index contributed by atoms with van der Waals surface area (Å²) in [4.78, 5) is 0. The summed E-state index contributed by atoms with van der Waals surface area (Å²) in [6, 6.07) is 11.4.